The maximum atomic E-state index is 4.82. The van der Waals surface area contributed by atoms with E-state index < -0.39 is 20.1 Å². The molecule has 11 aromatic rings. The molecule has 93 heavy (non-hydrogen) atoms. The number of fused-ring (bicyclic) bond motifs is 5. The number of nitrogens with zero attached hydrogens (tertiary/aromatic N) is 6. The predicted octanol–water partition coefficient (Wildman–Crippen LogP) is 23.0. The van der Waals surface area contributed by atoms with Gasteiger partial charge in [-0.05, 0) is 168 Å². The molecule has 4 aliphatic heterocycles. The molecule has 2 bridgehead atoms. The van der Waals surface area contributed by atoms with Crippen LogP contribution in [-0.4, -0.2) is 39.6 Å². The molecule has 0 radical (unpaired) electrons. The van der Waals surface area contributed by atoms with Crippen molar-refractivity contribution in [2.45, 2.75) is 48.8 Å². The zero-order valence-corrected chi connectivity index (χ0v) is 56.7. The van der Waals surface area contributed by atoms with Crippen LogP contribution in [0.4, 0.5) is 0 Å². The van der Waals surface area contributed by atoms with Gasteiger partial charge in [-0.1, -0.05) is 98.5 Å². The standard InChI is InChI=1S/C77H48N6S8.C2H6/c1-2-7-15-55(14-6-1)90(56-16-8-3-9-17-56)59-27-25-53(82-63(74-78-36-40-84-74)29-30-64(82)75-79-37-41-85-75)44-52(45-59)60-28-22-50(23-33-71(60)90)67-48-69-70(88-67)49-68(89-69)51-24-34-72-61(46-51)62-47-54(83-65(76-80-38-42-86-76)31-32-66(83)77-81-39-43-87-77)26-35-73(62)91(72,57-18-10-4-11-19-57)58-20-12-5-13-21-58;1-2/h1,3-21,23-44,46-49,69-70H;1-2H3. The smallest absolute Gasteiger partial charge is 0.140 e. The molecule has 5 aromatic carbocycles. The summed E-state index contributed by atoms with van der Waals surface area (Å²) < 4.78 is 4.68. The van der Waals surface area contributed by atoms with E-state index in [0.717, 1.165) is 75.8 Å². The minimum Gasteiger partial charge on any atom is -0.305 e. The van der Waals surface area contributed by atoms with Crippen LogP contribution in [0.5, 0.6) is 0 Å². The van der Waals surface area contributed by atoms with Gasteiger partial charge in [-0.3, -0.25) is 0 Å². The van der Waals surface area contributed by atoms with Crippen LogP contribution in [-0.2, 0) is 0 Å². The van der Waals surface area contributed by atoms with Gasteiger partial charge in [-0.25, -0.2) is 19.9 Å². The van der Waals surface area contributed by atoms with Crippen LogP contribution in [0, 0.1) is 0 Å². The van der Waals surface area contributed by atoms with Crippen molar-refractivity contribution in [2.75, 3.05) is 0 Å². The largest absolute Gasteiger partial charge is 0.305 e. The van der Waals surface area contributed by atoms with Gasteiger partial charge in [-0.2, -0.15) is 0 Å². The van der Waals surface area contributed by atoms with Gasteiger partial charge in [0.2, 0.25) is 0 Å². The molecule has 3 aliphatic carbocycles. The second-order valence-electron chi connectivity index (χ2n) is 22.1. The monoisotopic (exact) mass is 1340 g/mol. The van der Waals surface area contributed by atoms with Crippen molar-refractivity contribution in [3.05, 3.63) is 336 Å². The lowest BCUT2D eigenvalue weighted by molar-refractivity contribution is 1.08. The summed E-state index contributed by atoms with van der Waals surface area (Å²) in [4.78, 5) is 32.0. The average Bonchev–Trinajstić information content (AvgIpc) is 1.61. The summed E-state index contributed by atoms with van der Waals surface area (Å²) in [5.41, 5.74) is 24.6. The molecule has 6 aromatic heterocycles. The fourth-order valence-corrected chi connectivity index (χ4v) is 27.0. The molecule has 3 atom stereocenters. The Morgan fingerprint density at radius 1 is 0.484 bits per heavy atom. The Balaban J connectivity index is 0.00000327. The summed E-state index contributed by atoms with van der Waals surface area (Å²) in [5, 5.41) is 12.5. The maximum absolute atomic E-state index is 4.82. The first-order valence-electron chi connectivity index (χ1n) is 30.6. The number of thiazole rings is 4. The van der Waals surface area contributed by atoms with E-state index in [1.54, 1.807) is 45.3 Å². The van der Waals surface area contributed by atoms with E-state index in [1.165, 1.54) is 60.8 Å². The van der Waals surface area contributed by atoms with Gasteiger partial charge in [0.25, 0.3) is 0 Å². The van der Waals surface area contributed by atoms with Crippen LogP contribution >= 0.6 is 88.9 Å². The summed E-state index contributed by atoms with van der Waals surface area (Å²) in [5.74, 6) is 0. The van der Waals surface area contributed by atoms with Crippen LogP contribution in [0.15, 0.2) is 355 Å². The van der Waals surface area contributed by atoms with Gasteiger partial charge in [-0.15, -0.1) is 100 Å². The number of aromatic nitrogens is 6. The fourth-order valence-electron chi connectivity index (χ4n) is 13.4. The number of rotatable bonds is 12. The molecular formula is C79H54N6S8. The van der Waals surface area contributed by atoms with Crippen LogP contribution in [0.2, 0.25) is 0 Å². The molecule has 0 saturated carbocycles. The van der Waals surface area contributed by atoms with Crippen molar-refractivity contribution in [2.24, 2.45) is 0 Å². The molecule has 3 unspecified atom stereocenters. The molecule has 0 amide bonds. The van der Waals surface area contributed by atoms with Gasteiger partial charge in [0.05, 0.1) is 22.8 Å². The van der Waals surface area contributed by atoms with Crippen LogP contribution in [0.3, 0.4) is 0 Å². The van der Waals surface area contributed by atoms with E-state index in [9.17, 15) is 0 Å². The van der Waals surface area contributed by atoms with E-state index >= 15 is 0 Å². The highest BCUT2D eigenvalue weighted by Crippen LogP contribution is 2.81. The third-order valence-corrected chi connectivity index (χ3v) is 31.0. The van der Waals surface area contributed by atoms with Crippen molar-refractivity contribution < 1.29 is 0 Å². The van der Waals surface area contributed by atoms with E-state index in [0.29, 0.717) is 0 Å². The molecule has 448 valence electrons. The fraction of sp³-hybridized carbons (Fsp3) is 0.0506. The lowest BCUT2D eigenvalue weighted by Gasteiger charge is -2.45. The van der Waals surface area contributed by atoms with Crippen LogP contribution in [0.1, 0.15) is 19.4 Å². The lowest BCUT2D eigenvalue weighted by Crippen LogP contribution is -2.12. The molecule has 0 fully saturated rings. The van der Waals surface area contributed by atoms with E-state index in [1.807, 2.05) is 79.0 Å². The Morgan fingerprint density at radius 3 is 1.60 bits per heavy atom. The first-order valence-corrected chi connectivity index (χ1v) is 39.2. The van der Waals surface area contributed by atoms with Gasteiger partial charge < -0.3 is 9.13 Å². The minimum absolute atomic E-state index is 0.247. The summed E-state index contributed by atoms with van der Waals surface area (Å²) >= 11 is 10.5. The molecule has 0 spiro atoms. The minimum atomic E-state index is -2.14. The van der Waals surface area contributed by atoms with E-state index in [-0.39, 0.29) is 10.5 Å². The molecular weight excluding hydrogens is 1290 g/mol. The van der Waals surface area contributed by atoms with Crippen LogP contribution < -0.4 is 0 Å². The summed E-state index contributed by atoms with van der Waals surface area (Å²) in [6.45, 7) is 4.00. The molecule has 0 N–H and O–H groups in total. The zero-order chi connectivity index (χ0) is 62.0. The van der Waals surface area contributed by atoms with E-state index in [4.69, 9.17) is 19.9 Å². The van der Waals surface area contributed by atoms with Gasteiger partial charge in [0.15, 0.2) is 0 Å². The third-order valence-electron chi connectivity index (χ3n) is 17.2. The summed E-state index contributed by atoms with van der Waals surface area (Å²) in [6.07, 6.45) is 37.2. The topological polar surface area (TPSA) is 61.4 Å². The summed E-state index contributed by atoms with van der Waals surface area (Å²) in [7, 11) is -4.05. The number of hydrogen-bond acceptors (Lipinski definition) is 10. The molecule has 18 rings (SSSR count). The Morgan fingerprint density at radius 2 is 1.02 bits per heavy atom. The normalized spacial score (nSPS) is 20.2. The predicted molar refractivity (Wildman–Crippen MR) is 398 cm³/mol. The van der Waals surface area contributed by atoms with Gasteiger partial charge >= 0.3 is 0 Å². The Kier molecular flexibility index (Phi) is 15.1. The van der Waals surface area contributed by atoms with Crippen molar-refractivity contribution >= 4 is 99.5 Å². The second kappa shape index (κ2) is 24.2. The highest BCUT2D eigenvalue weighted by molar-refractivity contribution is 8.43. The molecule has 7 aliphatic rings. The maximum Gasteiger partial charge on any atom is 0.140 e. The van der Waals surface area contributed by atoms with Crippen molar-refractivity contribution in [3.8, 4) is 59.6 Å². The van der Waals surface area contributed by atoms with Gasteiger partial charge in [0, 0.05) is 134 Å². The first kappa shape index (κ1) is 57.9. The first-order chi connectivity index (χ1) is 46.1. The molecule has 0 saturated heterocycles. The molecule has 6 nitrogen and oxygen atoms in total. The van der Waals surface area contributed by atoms with Crippen molar-refractivity contribution in [1.29, 1.82) is 0 Å². The van der Waals surface area contributed by atoms with Crippen LogP contribution in [0.25, 0.3) is 70.2 Å². The lowest BCUT2D eigenvalue weighted by atomic mass is 10.0. The Bertz CT molecular complexity index is 5130. The SMILES string of the molecule is C1=CC=CC(S2(c3ccccc3)C3=C=C(C=C(n4c(-c5nccs5)ccc4-c4nccs4)C=C3)C3=C2C=CC(C2=CC4SC(c5ccc6c(c5)-c5cc(-n7c(-c8nccs8)ccc7-c7nccs7)ccc5S6(c5ccccc5)c5ccccc5)=CC4S2)=C=C3)=CC=1.CC. The van der Waals surface area contributed by atoms with Crippen molar-refractivity contribution in [1.82, 2.24) is 29.1 Å². The number of hydrogen-bond donors (Lipinski definition) is 0. The van der Waals surface area contributed by atoms with E-state index in [2.05, 4.69) is 262 Å². The summed E-state index contributed by atoms with van der Waals surface area (Å²) in [6, 6.07) is 56.8. The highest BCUT2D eigenvalue weighted by Gasteiger charge is 2.45. The quantitative estimate of drug-likeness (QED) is 0.114. The number of benzene rings is 5. The molecule has 14 heteroatoms. The average molecular weight is 1340 g/mol. The Hall–Kier alpha value is -8.94. The highest BCUT2D eigenvalue weighted by atomic mass is 32.3. The number of allylic oxidation sites excluding steroid dienone is 12. The molecule has 10 heterocycles. The zero-order valence-electron chi connectivity index (χ0n) is 50.2. The van der Waals surface area contributed by atoms with Gasteiger partial charge in [0.1, 0.15) is 20.0 Å². The second-order valence-corrected chi connectivity index (χ2v) is 34.2. The van der Waals surface area contributed by atoms with Crippen molar-refractivity contribution in [3.63, 3.8) is 0 Å². The Labute approximate surface area is 568 Å². The third kappa shape index (κ3) is 9.55. The number of thioether (sulfide) groups is 2.